The van der Waals surface area contributed by atoms with E-state index in [1.807, 2.05) is 12.1 Å². The number of fused-ring (bicyclic) bond motifs is 3. The molecule has 3 heterocycles. The van der Waals surface area contributed by atoms with Crippen molar-refractivity contribution in [2.75, 3.05) is 18.4 Å². The van der Waals surface area contributed by atoms with Crippen molar-refractivity contribution in [2.45, 2.75) is 18.8 Å². The van der Waals surface area contributed by atoms with Gasteiger partial charge in [-0.3, -0.25) is 9.59 Å². The average molecular weight is 403 g/mol. The maximum atomic E-state index is 12.7. The van der Waals surface area contributed by atoms with Crippen LogP contribution in [0.2, 0.25) is 0 Å². The van der Waals surface area contributed by atoms with Gasteiger partial charge in [0.15, 0.2) is 0 Å². The van der Waals surface area contributed by atoms with Gasteiger partial charge in [-0.1, -0.05) is 12.1 Å². The molecule has 1 aliphatic heterocycles. The van der Waals surface area contributed by atoms with Crippen LogP contribution in [0.4, 0.5) is 5.69 Å². The van der Waals surface area contributed by atoms with Crippen molar-refractivity contribution >= 4 is 28.1 Å². The first-order chi connectivity index (χ1) is 14.6. The van der Waals surface area contributed by atoms with Gasteiger partial charge in [0.05, 0.1) is 22.3 Å². The lowest BCUT2D eigenvalue weighted by Crippen LogP contribution is -2.28. The Balaban J connectivity index is 1.63. The summed E-state index contributed by atoms with van der Waals surface area (Å²) in [5, 5.41) is 21.3. The van der Waals surface area contributed by atoms with E-state index in [-0.39, 0.29) is 23.1 Å². The summed E-state index contributed by atoms with van der Waals surface area (Å²) in [5.74, 6) is -0.0851. The van der Waals surface area contributed by atoms with E-state index in [1.54, 1.807) is 28.8 Å². The largest absolute Gasteiger partial charge is 0.508 e. The summed E-state index contributed by atoms with van der Waals surface area (Å²) >= 11 is 0. The average Bonchev–Trinajstić information content (AvgIpc) is 3.13. The molecule has 8 nitrogen and oxygen atoms in total. The van der Waals surface area contributed by atoms with Gasteiger partial charge in [0.25, 0.3) is 11.5 Å². The van der Waals surface area contributed by atoms with Crippen molar-refractivity contribution in [2.24, 2.45) is 0 Å². The Labute approximate surface area is 171 Å². The molecular formula is C22H21N5O3. The summed E-state index contributed by atoms with van der Waals surface area (Å²) in [6, 6.07) is 13.2. The quantitative estimate of drug-likeness (QED) is 0.420. The smallest absolute Gasteiger partial charge is 0.255 e. The summed E-state index contributed by atoms with van der Waals surface area (Å²) in [6.07, 6.45) is 1.88. The molecule has 30 heavy (non-hydrogen) atoms. The Hall–Kier alpha value is -3.65. The van der Waals surface area contributed by atoms with E-state index < -0.39 is 0 Å². The number of carbonyl (C=O) groups excluding carboxylic acids is 1. The molecule has 0 saturated carbocycles. The highest BCUT2D eigenvalue weighted by Gasteiger charge is 2.22. The number of phenols is 1. The minimum Gasteiger partial charge on any atom is -0.508 e. The van der Waals surface area contributed by atoms with Crippen LogP contribution < -0.4 is 16.2 Å². The summed E-state index contributed by atoms with van der Waals surface area (Å²) in [5.41, 5.74) is 2.84. The fourth-order valence-corrected chi connectivity index (χ4v) is 4.14. The number of nitrogens with zero attached hydrogens (tertiary/aromatic N) is 2. The van der Waals surface area contributed by atoms with Crippen LogP contribution in [0, 0.1) is 0 Å². The summed E-state index contributed by atoms with van der Waals surface area (Å²) in [6.45, 7) is 1.82. The molecule has 2 aromatic carbocycles. The molecule has 0 atom stereocenters. The molecule has 0 bridgehead atoms. The van der Waals surface area contributed by atoms with Crippen molar-refractivity contribution in [1.82, 2.24) is 19.9 Å². The molecule has 152 valence electrons. The molecule has 0 radical (unpaired) electrons. The minimum absolute atomic E-state index is 0.0211. The Morgan fingerprint density at radius 3 is 2.73 bits per heavy atom. The van der Waals surface area contributed by atoms with Gasteiger partial charge in [0.1, 0.15) is 11.4 Å². The highest BCUT2D eigenvalue weighted by Crippen LogP contribution is 2.30. The van der Waals surface area contributed by atoms with Gasteiger partial charge in [-0.25, -0.2) is 4.52 Å². The van der Waals surface area contributed by atoms with E-state index >= 15 is 0 Å². The topological polar surface area (TPSA) is 112 Å². The maximum absolute atomic E-state index is 12.7. The van der Waals surface area contributed by atoms with Crippen molar-refractivity contribution in [1.29, 1.82) is 0 Å². The predicted octanol–water partition coefficient (Wildman–Crippen LogP) is 2.60. The number of benzene rings is 2. The molecule has 1 amide bonds. The molecule has 8 heteroatoms. The third-order valence-electron chi connectivity index (χ3n) is 5.58. The number of hydrogen-bond donors (Lipinski definition) is 4. The number of phenolic OH excluding ortho intramolecular Hbond substituents is 1. The number of aromatic hydroxyl groups is 1. The number of piperidine rings is 1. The fourth-order valence-electron chi connectivity index (χ4n) is 4.14. The van der Waals surface area contributed by atoms with Crippen molar-refractivity contribution in [3.05, 3.63) is 70.1 Å². The van der Waals surface area contributed by atoms with Crippen molar-refractivity contribution in [3.8, 4) is 5.75 Å². The number of rotatable bonds is 3. The van der Waals surface area contributed by atoms with Gasteiger partial charge in [0.2, 0.25) is 0 Å². The molecule has 1 fully saturated rings. The van der Waals surface area contributed by atoms with Gasteiger partial charge < -0.3 is 20.7 Å². The Kier molecular flexibility index (Phi) is 4.48. The first kappa shape index (κ1) is 18.4. The normalized spacial score (nSPS) is 14.9. The minimum atomic E-state index is -0.352. The van der Waals surface area contributed by atoms with E-state index in [2.05, 4.69) is 15.6 Å². The second kappa shape index (κ2) is 7.31. The lowest BCUT2D eigenvalue weighted by molar-refractivity contribution is 0.102. The molecule has 4 N–H and O–H groups in total. The van der Waals surface area contributed by atoms with Crippen LogP contribution in [0.15, 0.2) is 53.3 Å². The van der Waals surface area contributed by atoms with Crippen LogP contribution in [0.25, 0.3) is 16.6 Å². The highest BCUT2D eigenvalue weighted by molar-refractivity contribution is 6.12. The number of aromatic amines is 1. The van der Waals surface area contributed by atoms with Crippen LogP contribution in [0.5, 0.6) is 5.75 Å². The monoisotopic (exact) mass is 403 g/mol. The first-order valence-corrected chi connectivity index (χ1v) is 9.96. The molecule has 0 spiro atoms. The van der Waals surface area contributed by atoms with Gasteiger partial charge >= 0.3 is 0 Å². The first-order valence-electron chi connectivity index (χ1n) is 9.96. The lowest BCUT2D eigenvalue weighted by atomic mass is 9.94. The predicted molar refractivity (Wildman–Crippen MR) is 114 cm³/mol. The number of carbonyl (C=O) groups is 1. The lowest BCUT2D eigenvalue weighted by Gasteiger charge is -2.23. The van der Waals surface area contributed by atoms with Gasteiger partial charge in [-0.2, -0.15) is 5.10 Å². The number of amides is 1. The third-order valence-corrected chi connectivity index (χ3v) is 5.58. The van der Waals surface area contributed by atoms with E-state index in [9.17, 15) is 14.7 Å². The Morgan fingerprint density at radius 1 is 1.13 bits per heavy atom. The van der Waals surface area contributed by atoms with Crippen molar-refractivity contribution < 1.29 is 9.90 Å². The Bertz CT molecular complexity index is 1320. The summed E-state index contributed by atoms with van der Waals surface area (Å²) in [4.78, 5) is 28.1. The van der Waals surface area contributed by atoms with Crippen LogP contribution in [0.3, 0.4) is 0 Å². The molecule has 1 saturated heterocycles. The second-order valence-electron chi connectivity index (χ2n) is 7.55. The molecule has 4 aromatic rings. The zero-order chi connectivity index (χ0) is 20.7. The third kappa shape index (κ3) is 3.21. The zero-order valence-corrected chi connectivity index (χ0v) is 16.2. The van der Waals surface area contributed by atoms with Crippen LogP contribution in [-0.2, 0) is 0 Å². The van der Waals surface area contributed by atoms with E-state index in [0.29, 0.717) is 27.8 Å². The number of H-pyrrole nitrogens is 1. The number of hydrogen-bond acceptors (Lipinski definition) is 5. The molecule has 2 aromatic heterocycles. The van der Waals surface area contributed by atoms with Crippen LogP contribution in [0.1, 0.15) is 34.8 Å². The summed E-state index contributed by atoms with van der Waals surface area (Å²) < 4.78 is 1.80. The van der Waals surface area contributed by atoms with E-state index in [4.69, 9.17) is 5.10 Å². The standard InChI is InChI=1S/C22H21N5O3/c28-15-4-1-3-14(11-15)22(30)24-16-5-2-6-17-20(16)21-25-19(29)12-18(27(21)26-17)13-7-9-23-10-8-13/h1-6,11-13,23,28H,7-10H2,(H,24,30)(H,25,29). The Morgan fingerprint density at radius 2 is 1.93 bits per heavy atom. The molecule has 5 rings (SSSR count). The molecular weight excluding hydrogens is 382 g/mol. The number of aromatic nitrogens is 3. The highest BCUT2D eigenvalue weighted by atomic mass is 16.3. The summed E-state index contributed by atoms with van der Waals surface area (Å²) in [7, 11) is 0. The molecule has 1 aliphatic rings. The van der Waals surface area contributed by atoms with Gasteiger partial charge in [0, 0.05) is 17.5 Å². The second-order valence-corrected chi connectivity index (χ2v) is 7.55. The van der Waals surface area contributed by atoms with Crippen LogP contribution >= 0.6 is 0 Å². The van der Waals surface area contributed by atoms with Gasteiger partial charge in [-0.05, 0) is 56.3 Å². The fraction of sp³-hybridized carbons (Fsp3) is 0.227. The SMILES string of the molecule is O=C(Nc1cccc2nn3c(C4CCNCC4)cc(=O)[nH]c3c12)c1cccc(O)c1. The van der Waals surface area contributed by atoms with E-state index in [1.165, 1.54) is 12.1 Å². The number of nitrogens with one attached hydrogen (secondary N) is 3. The van der Waals surface area contributed by atoms with Crippen LogP contribution in [-0.4, -0.2) is 38.7 Å². The van der Waals surface area contributed by atoms with Crippen molar-refractivity contribution in [3.63, 3.8) is 0 Å². The maximum Gasteiger partial charge on any atom is 0.255 e. The molecule has 0 unspecified atom stereocenters. The molecule has 0 aliphatic carbocycles. The van der Waals surface area contributed by atoms with Gasteiger partial charge in [-0.15, -0.1) is 0 Å². The number of anilines is 1. The zero-order valence-electron chi connectivity index (χ0n) is 16.2. The van der Waals surface area contributed by atoms with E-state index in [0.717, 1.165) is 31.6 Å².